The van der Waals surface area contributed by atoms with Crippen LogP contribution in [0.1, 0.15) is 5.56 Å². The van der Waals surface area contributed by atoms with Gasteiger partial charge in [0.15, 0.2) is 0 Å². The van der Waals surface area contributed by atoms with E-state index in [1.165, 1.54) is 16.0 Å². The van der Waals surface area contributed by atoms with E-state index < -0.39 is 0 Å². The molecule has 1 aromatic heterocycles. The lowest BCUT2D eigenvalue weighted by molar-refractivity contribution is 0.437. The molecule has 130 valence electrons. The number of aromatic nitrogens is 1. The van der Waals surface area contributed by atoms with E-state index in [0.717, 1.165) is 33.6 Å². The average Bonchev–Trinajstić information content (AvgIpc) is 3.10. The Hall–Kier alpha value is -1.33. The fraction of sp³-hybridized carbons (Fsp3) is 0.250. The molecule has 1 heterocycles. The van der Waals surface area contributed by atoms with Gasteiger partial charge in [-0.25, -0.2) is 4.98 Å². The molecule has 3 aromatic rings. The minimum absolute atomic E-state index is 0.750. The lowest BCUT2D eigenvalue weighted by atomic mass is 10.1. The lowest BCUT2D eigenvalue weighted by Crippen LogP contribution is -2.14. The van der Waals surface area contributed by atoms with Crippen molar-refractivity contribution in [2.24, 2.45) is 0 Å². The fourth-order valence-electron chi connectivity index (χ4n) is 2.34. The molecule has 0 N–H and O–H groups in total. The predicted octanol–water partition coefficient (Wildman–Crippen LogP) is 5.93. The van der Waals surface area contributed by atoms with E-state index in [1.54, 1.807) is 11.3 Å². The van der Waals surface area contributed by atoms with Crippen molar-refractivity contribution >= 4 is 34.7 Å². The van der Waals surface area contributed by atoms with Gasteiger partial charge in [0.05, 0.1) is 4.88 Å². The van der Waals surface area contributed by atoms with E-state index in [-0.39, 0.29) is 0 Å². The molecule has 0 aliphatic carbocycles. The summed E-state index contributed by atoms with van der Waals surface area (Å²) in [5.74, 6) is 2.22. The Morgan fingerprint density at radius 3 is 2.36 bits per heavy atom. The topological polar surface area (TPSA) is 16.1 Å². The third kappa shape index (κ3) is 5.32. The van der Waals surface area contributed by atoms with Gasteiger partial charge in [-0.3, -0.25) is 0 Å². The van der Waals surface area contributed by atoms with Crippen LogP contribution in [0.25, 0.3) is 21.0 Å². The van der Waals surface area contributed by atoms with Gasteiger partial charge in [0.2, 0.25) is 0 Å². The van der Waals surface area contributed by atoms with Crippen molar-refractivity contribution in [2.45, 2.75) is 5.75 Å². The summed E-state index contributed by atoms with van der Waals surface area (Å²) in [4.78, 5) is 7.97. The van der Waals surface area contributed by atoms with E-state index in [0.29, 0.717) is 0 Å². The maximum Gasteiger partial charge on any atom is 0.123 e. The number of halogens is 1. The van der Waals surface area contributed by atoms with E-state index >= 15 is 0 Å². The highest BCUT2D eigenvalue weighted by molar-refractivity contribution is 7.98. The van der Waals surface area contributed by atoms with Crippen LogP contribution in [0.5, 0.6) is 0 Å². The summed E-state index contributed by atoms with van der Waals surface area (Å²) in [5.41, 5.74) is 3.70. The number of hydrogen-bond donors (Lipinski definition) is 0. The molecule has 2 nitrogen and oxygen atoms in total. The molecule has 0 fully saturated rings. The Kier molecular flexibility index (Phi) is 6.54. The summed E-state index contributed by atoms with van der Waals surface area (Å²) >= 11 is 9.64. The Morgan fingerprint density at radius 1 is 1.00 bits per heavy atom. The van der Waals surface area contributed by atoms with Crippen molar-refractivity contribution in [2.75, 3.05) is 26.4 Å². The van der Waals surface area contributed by atoms with Gasteiger partial charge in [-0.1, -0.05) is 48.0 Å². The number of hydrogen-bond acceptors (Lipinski definition) is 4. The van der Waals surface area contributed by atoms with Crippen LogP contribution in [0.2, 0.25) is 5.02 Å². The summed E-state index contributed by atoms with van der Waals surface area (Å²) in [5, 5.41) is 1.77. The lowest BCUT2D eigenvalue weighted by Gasteiger charge is -2.08. The third-order valence-corrected chi connectivity index (χ3v) is 6.14. The fourth-order valence-corrected chi connectivity index (χ4v) is 4.46. The molecule has 0 bridgehead atoms. The first-order valence-electron chi connectivity index (χ1n) is 8.15. The van der Waals surface area contributed by atoms with Crippen LogP contribution < -0.4 is 0 Å². The van der Waals surface area contributed by atoms with Crippen LogP contribution in [0.3, 0.4) is 0 Å². The summed E-state index contributed by atoms with van der Waals surface area (Å²) in [6.07, 6.45) is 1.95. The molecule has 0 aliphatic rings. The first kappa shape index (κ1) is 18.5. The zero-order valence-electron chi connectivity index (χ0n) is 14.4. The molecule has 0 saturated carbocycles. The van der Waals surface area contributed by atoms with Crippen molar-refractivity contribution in [3.8, 4) is 21.0 Å². The van der Waals surface area contributed by atoms with E-state index in [1.807, 2.05) is 42.2 Å². The number of thiazole rings is 1. The molecule has 0 atom stereocenters. The number of rotatable bonds is 7. The third-order valence-electron chi connectivity index (χ3n) is 3.79. The van der Waals surface area contributed by atoms with Crippen molar-refractivity contribution < 1.29 is 0 Å². The standard InChI is InChI=1S/C20H21ClN2S2/c1-23(2)11-12-24-14-15-3-5-16(6-4-15)19-13-22-20(25-19)17-7-9-18(21)10-8-17/h3-10,13H,11-12,14H2,1-2H3. The molecule has 5 heteroatoms. The second-order valence-corrected chi connectivity index (χ2v) is 8.66. The quantitative estimate of drug-likeness (QED) is 0.467. The average molecular weight is 389 g/mol. The van der Waals surface area contributed by atoms with Gasteiger partial charge in [0.25, 0.3) is 0 Å². The molecule has 3 rings (SSSR count). The van der Waals surface area contributed by atoms with Crippen molar-refractivity contribution in [1.82, 2.24) is 9.88 Å². The number of thioether (sulfide) groups is 1. The zero-order chi connectivity index (χ0) is 17.6. The second kappa shape index (κ2) is 8.86. The molecular weight excluding hydrogens is 368 g/mol. The van der Waals surface area contributed by atoms with Gasteiger partial charge in [0, 0.05) is 34.8 Å². The monoisotopic (exact) mass is 388 g/mol. The highest BCUT2D eigenvalue weighted by atomic mass is 35.5. The highest BCUT2D eigenvalue weighted by Crippen LogP contribution is 2.32. The van der Waals surface area contributed by atoms with Crippen LogP contribution in [0.4, 0.5) is 0 Å². The first-order chi connectivity index (χ1) is 12.1. The van der Waals surface area contributed by atoms with Crippen LogP contribution >= 0.6 is 34.7 Å². The summed E-state index contributed by atoms with van der Waals surface area (Å²) in [6, 6.07) is 16.7. The van der Waals surface area contributed by atoms with Gasteiger partial charge in [-0.15, -0.1) is 11.3 Å². The van der Waals surface area contributed by atoms with E-state index in [4.69, 9.17) is 11.6 Å². The molecule has 25 heavy (non-hydrogen) atoms. The molecule has 2 aromatic carbocycles. The van der Waals surface area contributed by atoms with Gasteiger partial charge in [-0.2, -0.15) is 11.8 Å². The Morgan fingerprint density at radius 2 is 1.68 bits per heavy atom. The largest absolute Gasteiger partial charge is 0.309 e. The summed E-state index contributed by atoms with van der Waals surface area (Å²) in [6.45, 7) is 1.12. The molecule has 0 amide bonds. The number of benzene rings is 2. The molecular formula is C20H21ClN2S2. The molecule has 0 unspecified atom stereocenters. The Labute approximate surface area is 162 Å². The maximum atomic E-state index is 5.95. The normalized spacial score (nSPS) is 11.2. The summed E-state index contributed by atoms with van der Waals surface area (Å²) < 4.78 is 0. The van der Waals surface area contributed by atoms with E-state index in [9.17, 15) is 0 Å². The minimum Gasteiger partial charge on any atom is -0.309 e. The van der Waals surface area contributed by atoms with Crippen LogP contribution in [0.15, 0.2) is 54.7 Å². The first-order valence-corrected chi connectivity index (χ1v) is 10.5. The van der Waals surface area contributed by atoms with Gasteiger partial charge in [-0.05, 0) is 37.4 Å². The smallest absolute Gasteiger partial charge is 0.123 e. The zero-order valence-corrected chi connectivity index (χ0v) is 16.8. The van der Waals surface area contributed by atoms with Gasteiger partial charge < -0.3 is 4.90 Å². The van der Waals surface area contributed by atoms with Crippen molar-refractivity contribution in [3.63, 3.8) is 0 Å². The highest BCUT2D eigenvalue weighted by Gasteiger charge is 2.07. The van der Waals surface area contributed by atoms with Crippen molar-refractivity contribution in [3.05, 3.63) is 65.3 Å². The molecule has 0 spiro atoms. The van der Waals surface area contributed by atoms with Crippen LogP contribution in [-0.2, 0) is 5.75 Å². The SMILES string of the molecule is CN(C)CCSCc1ccc(-c2cnc(-c3ccc(Cl)cc3)s2)cc1. The van der Waals surface area contributed by atoms with Crippen molar-refractivity contribution in [1.29, 1.82) is 0 Å². The van der Waals surface area contributed by atoms with Gasteiger partial charge in [0.1, 0.15) is 5.01 Å². The Balaban J connectivity index is 1.63. The molecule has 0 saturated heterocycles. The van der Waals surface area contributed by atoms with Crippen LogP contribution in [-0.4, -0.2) is 36.3 Å². The second-order valence-electron chi connectivity index (χ2n) is 6.09. The predicted molar refractivity (Wildman–Crippen MR) is 113 cm³/mol. The van der Waals surface area contributed by atoms with E-state index in [2.05, 4.69) is 48.2 Å². The molecule has 0 radical (unpaired) electrons. The Bertz CT molecular complexity index is 795. The van der Waals surface area contributed by atoms with Crippen LogP contribution in [0, 0.1) is 0 Å². The van der Waals surface area contributed by atoms with Gasteiger partial charge >= 0.3 is 0 Å². The number of nitrogens with zero attached hydrogens (tertiary/aromatic N) is 2. The molecule has 0 aliphatic heterocycles. The minimum atomic E-state index is 0.750. The summed E-state index contributed by atoms with van der Waals surface area (Å²) in [7, 11) is 4.23. The maximum absolute atomic E-state index is 5.95.